The van der Waals surface area contributed by atoms with Gasteiger partial charge in [0.1, 0.15) is 18.0 Å². The molecule has 0 radical (unpaired) electrons. The number of nitrogens with zero attached hydrogens (tertiary/aromatic N) is 3. The van der Waals surface area contributed by atoms with E-state index in [1.165, 1.54) is 12.3 Å². The average molecular weight is 427 g/mol. The van der Waals surface area contributed by atoms with Crippen molar-refractivity contribution in [3.8, 4) is 5.75 Å². The molecule has 0 unspecified atom stereocenters. The van der Waals surface area contributed by atoms with E-state index in [4.69, 9.17) is 16.3 Å². The minimum Gasteiger partial charge on any atom is -0.489 e. The minimum absolute atomic E-state index is 0.0389. The highest BCUT2D eigenvalue weighted by Crippen LogP contribution is 2.28. The zero-order valence-electron chi connectivity index (χ0n) is 15.4. The van der Waals surface area contributed by atoms with Gasteiger partial charge in [-0.1, -0.05) is 35.9 Å². The van der Waals surface area contributed by atoms with Crippen molar-refractivity contribution in [3.05, 3.63) is 103 Å². The lowest BCUT2D eigenvalue weighted by molar-refractivity contribution is -0.393. The Morgan fingerprint density at radius 3 is 2.47 bits per heavy atom. The van der Waals surface area contributed by atoms with E-state index < -0.39 is 15.5 Å². The molecule has 1 N–H and O–H groups in total. The minimum atomic E-state index is -0.712. The number of ether oxygens (including phenoxy) is 1. The molecule has 0 fully saturated rings. The van der Waals surface area contributed by atoms with Gasteiger partial charge in [-0.15, -0.1) is 0 Å². The van der Waals surface area contributed by atoms with Gasteiger partial charge in [0, 0.05) is 11.1 Å². The largest absolute Gasteiger partial charge is 0.489 e. The van der Waals surface area contributed by atoms with E-state index in [1.807, 2.05) is 12.1 Å². The standard InChI is InChI=1S/C20H15ClN4O5/c21-16-6-4-14(5-7-16)13-30-18-3-1-2-15(10-18)12-22-23-19-9-8-17(24(26)27)11-20(19)25(28)29/h1-12,23H,13H2/b22-12+. The fourth-order valence-corrected chi connectivity index (χ4v) is 2.61. The molecule has 9 nitrogen and oxygen atoms in total. The summed E-state index contributed by atoms with van der Waals surface area (Å²) < 4.78 is 5.75. The van der Waals surface area contributed by atoms with Crippen molar-refractivity contribution in [3.63, 3.8) is 0 Å². The van der Waals surface area contributed by atoms with Crippen molar-refractivity contribution in [2.45, 2.75) is 6.61 Å². The maximum Gasteiger partial charge on any atom is 0.301 e. The maximum atomic E-state index is 11.1. The van der Waals surface area contributed by atoms with E-state index in [-0.39, 0.29) is 11.4 Å². The number of nitro groups is 2. The monoisotopic (exact) mass is 426 g/mol. The summed E-state index contributed by atoms with van der Waals surface area (Å²) in [6.45, 7) is 0.366. The van der Waals surface area contributed by atoms with Crippen LogP contribution in [0.3, 0.4) is 0 Å². The maximum absolute atomic E-state index is 11.1. The van der Waals surface area contributed by atoms with E-state index in [0.29, 0.717) is 22.9 Å². The molecule has 0 aliphatic carbocycles. The fraction of sp³-hybridized carbons (Fsp3) is 0.0500. The second-order valence-electron chi connectivity index (χ2n) is 6.07. The number of hydrogen-bond donors (Lipinski definition) is 1. The van der Waals surface area contributed by atoms with E-state index in [0.717, 1.165) is 17.7 Å². The van der Waals surface area contributed by atoms with Crippen molar-refractivity contribution < 1.29 is 14.6 Å². The predicted octanol–water partition coefficient (Wildman–Crippen LogP) is 5.18. The summed E-state index contributed by atoms with van der Waals surface area (Å²) in [5.41, 5.74) is 3.42. The second kappa shape index (κ2) is 9.48. The Morgan fingerprint density at radius 1 is 1.00 bits per heavy atom. The zero-order chi connectivity index (χ0) is 21.5. The summed E-state index contributed by atoms with van der Waals surface area (Å²) in [5.74, 6) is 0.621. The molecule has 30 heavy (non-hydrogen) atoms. The molecule has 0 heterocycles. The molecular weight excluding hydrogens is 412 g/mol. The third-order valence-electron chi connectivity index (χ3n) is 3.96. The van der Waals surface area contributed by atoms with Crippen LogP contribution in [0.15, 0.2) is 71.8 Å². The average Bonchev–Trinajstić information content (AvgIpc) is 2.73. The Hall–Kier alpha value is -3.98. The fourth-order valence-electron chi connectivity index (χ4n) is 2.49. The predicted molar refractivity (Wildman–Crippen MR) is 113 cm³/mol. The van der Waals surface area contributed by atoms with Crippen molar-refractivity contribution in [2.75, 3.05) is 5.43 Å². The van der Waals surface area contributed by atoms with Gasteiger partial charge >= 0.3 is 5.69 Å². The Kier molecular flexibility index (Phi) is 6.56. The van der Waals surface area contributed by atoms with E-state index in [9.17, 15) is 20.2 Å². The van der Waals surface area contributed by atoms with Gasteiger partial charge in [0.15, 0.2) is 0 Å². The summed E-state index contributed by atoms with van der Waals surface area (Å²) in [4.78, 5) is 20.5. The lowest BCUT2D eigenvalue weighted by Crippen LogP contribution is -1.99. The van der Waals surface area contributed by atoms with Crippen LogP contribution in [-0.2, 0) is 6.61 Å². The van der Waals surface area contributed by atoms with Gasteiger partial charge in [0.05, 0.1) is 22.1 Å². The lowest BCUT2D eigenvalue weighted by Gasteiger charge is -2.07. The number of nitro benzene ring substituents is 2. The highest BCUT2D eigenvalue weighted by molar-refractivity contribution is 6.30. The quantitative estimate of drug-likeness (QED) is 0.301. The Bertz CT molecular complexity index is 1100. The molecule has 10 heteroatoms. The topological polar surface area (TPSA) is 120 Å². The molecule has 0 aromatic heterocycles. The van der Waals surface area contributed by atoms with Crippen LogP contribution in [0.4, 0.5) is 17.1 Å². The van der Waals surface area contributed by atoms with E-state index in [1.54, 1.807) is 36.4 Å². The lowest BCUT2D eigenvalue weighted by atomic mass is 10.2. The molecule has 0 amide bonds. The van der Waals surface area contributed by atoms with Crippen LogP contribution in [0.5, 0.6) is 5.75 Å². The highest BCUT2D eigenvalue weighted by atomic mass is 35.5. The number of hydrazone groups is 1. The number of benzene rings is 3. The molecule has 3 rings (SSSR count). The molecule has 0 saturated heterocycles. The normalized spacial score (nSPS) is 10.7. The van der Waals surface area contributed by atoms with Crippen molar-refractivity contribution in [1.29, 1.82) is 0 Å². The SMILES string of the molecule is O=[N+]([O-])c1ccc(N/N=C/c2cccc(OCc3ccc(Cl)cc3)c2)c([N+](=O)[O-])c1. The number of nitrogens with one attached hydrogen (secondary N) is 1. The molecule has 3 aromatic carbocycles. The third-order valence-corrected chi connectivity index (χ3v) is 4.22. The van der Waals surface area contributed by atoms with Crippen molar-refractivity contribution in [2.24, 2.45) is 5.10 Å². The molecule has 152 valence electrons. The molecule has 0 aliphatic rings. The number of halogens is 1. The smallest absolute Gasteiger partial charge is 0.301 e. The highest BCUT2D eigenvalue weighted by Gasteiger charge is 2.19. The first-order valence-electron chi connectivity index (χ1n) is 8.61. The first-order chi connectivity index (χ1) is 14.4. The molecule has 0 aliphatic heterocycles. The van der Waals surface area contributed by atoms with E-state index in [2.05, 4.69) is 10.5 Å². The molecule has 0 bridgehead atoms. The van der Waals surface area contributed by atoms with Crippen LogP contribution >= 0.6 is 11.6 Å². The number of rotatable bonds is 8. The van der Waals surface area contributed by atoms with Crippen LogP contribution in [0, 0.1) is 20.2 Å². The Labute approximate surface area is 175 Å². The van der Waals surface area contributed by atoms with Gasteiger partial charge in [0.25, 0.3) is 5.69 Å². The molecule has 3 aromatic rings. The number of anilines is 1. The van der Waals surface area contributed by atoms with Gasteiger partial charge in [-0.3, -0.25) is 25.7 Å². The van der Waals surface area contributed by atoms with Crippen LogP contribution in [0.2, 0.25) is 5.02 Å². The number of hydrogen-bond acceptors (Lipinski definition) is 7. The van der Waals surface area contributed by atoms with Gasteiger partial charge in [0.2, 0.25) is 0 Å². The Morgan fingerprint density at radius 2 is 1.77 bits per heavy atom. The summed E-state index contributed by atoms with van der Waals surface area (Å²) in [6.07, 6.45) is 1.46. The summed E-state index contributed by atoms with van der Waals surface area (Å²) in [5, 5.41) is 26.6. The van der Waals surface area contributed by atoms with Crippen molar-refractivity contribution >= 4 is 34.9 Å². The third kappa shape index (κ3) is 5.52. The van der Waals surface area contributed by atoms with Crippen LogP contribution < -0.4 is 10.2 Å². The van der Waals surface area contributed by atoms with Gasteiger partial charge in [-0.05, 0) is 41.5 Å². The second-order valence-corrected chi connectivity index (χ2v) is 6.51. The van der Waals surface area contributed by atoms with Gasteiger partial charge in [-0.25, -0.2) is 0 Å². The molecular formula is C20H15ClN4O5. The van der Waals surface area contributed by atoms with Crippen LogP contribution in [-0.4, -0.2) is 16.1 Å². The molecule has 0 saturated carbocycles. The molecule has 0 atom stereocenters. The first kappa shape index (κ1) is 20.7. The summed E-state index contributed by atoms with van der Waals surface area (Å²) in [7, 11) is 0. The van der Waals surface area contributed by atoms with E-state index >= 15 is 0 Å². The van der Waals surface area contributed by atoms with Gasteiger partial charge in [-0.2, -0.15) is 5.10 Å². The summed E-state index contributed by atoms with van der Waals surface area (Å²) >= 11 is 5.86. The molecule has 0 spiro atoms. The van der Waals surface area contributed by atoms with Crippen LogP contribution in [0.25, 0.3) is 0 Å². The number of non-ortho nitro benzene ring substituents is 1. The first-order valence-corrected chi connectivity index (χ1v) is 8.99. The summed E-state index contributed by atoms with van der Waals surface area (Å²) in [6, 6.07) is 17.7. The van der Waals surface area contributed by atoms with Crippen LogP contribution in [0.1, 0.15) is 11.1 Å². The van der Waals surface area contributed by atoms with Gasteiger partial charge < -0.3 is 4.74 Å². The zero-order valence-corrected chi connectivity index (χ0v) is 16.2. The van der Waals surface area contributed by atoms with Crippen molar-refractivity contribution in [1.82, 2.24) is 0 Å². The Balaban J connectivity index is 1.66.